The number of hydrogen-bond donors (Lipinski definition) is 1. The average Bonchev–Trinajstić information content (AvgIpc) is 2.64. The first-order valence-electron chi connectivity index (χ1n) is 5.86. The van der Waals surface area contributed by atoms with Gasteiger partial charge in [0.25, 0.3) is 0 Å². The molecule has 3 nitrogen and oxygen atoms in total. The molecule has 0 spiro atoms. The Hall–Kier alpha value is -1.61. The lowest BCUT2D eigenvalue weighted by Crippen LogP contribution is -2.26. The molecule has 1 heterocycles. The van der Waals surface area contributed by atoms with Crippen molar-refractivity contribution >= 4 is 11.5 Å². The van der Waals surface area contributed by atoms with E-state index in [2.05, 4.69) is 17.4 Å². The largest absolute Gasteiger partial charge is 0.469 e. The number of methoxy groups -OCH3 is 1. The zero-order valence-electron chi connectivity index (χ0n) is 9.98. The van der Waals surface area contributed by atoms with Crippen LogP contribution in [-0.2, 0) is 9.53 Å². The Morgan fingerprint density at radius 1 is 1.35 bits per heavy atom. The fourth-order valence-electron chi connectivity index (χ4n) is 2.06. The molecule has 0 saturated heterocycles. The molecule has 1 atom stereocenters. The highest BCUT2D eigenvalue weighted by atomic mass is 16.5. The Morgan fingerprint density at radius 2 is 2.12 bits per heavy atom. The molecule has 0 amide bonds. The number of esters is 1. The van der Waals surface area contributed by atoms with Gasteiger partial charge in [0.15, 0.2) is 0 Å². The quantitative estimate of drug-likeness (QED) is 0.789. The Kier molecular flexibility index (Phi) is 3.94. The summed E-state index contributed by atoms with van der Waals surface area (Å²) in [5.74, 6) is -0.356. The number of rotatable bonds is 2. The zero-order chi connectivity index (χ0) is 12.1. The van der Waals surface area contributed by atoms with E-state index in [0.29, 0.717) is 6.54 Å². The molecule has 1 aliphatic heterocycles. The summed E-state index contributed by atoms with van der Waals surface area (Å²) in [7, 11) is 1.43. The minimum atomic E-state index is -0.183. The van der Waals surface area contributed by atoms with Crippen molar-refractivity contribution in [3.05, 3.63) is 42.0 Å². The van der Waals surface area contributed by atoms with Gasteiger partial charge < -0.3 is 10.1 Å². The molecule has 1 aromatic rings. The van der Waals surface area contributed by atoms with Crippen LogP contribution in [0.2, 0.25) is 0 Å². The second-order valence-corrected chi connectivity index (χ2v) is 4.14. The smallest absolute Gasteiger partial charge is 0.313 e. The van der Waals surface area contributed by atoms with Crippen LogP contribution in [0.1, 0.15) is 12.0 Å². The van der Waals surface area contributed by atoms with E-state index in [-0.39, 0.29) is 11.9 Å². The maximum Gasteiger partial charge on any atom is 0.313 e. The molecule has 0 fully saturated rings. The second kappa shape index (κ2) is 5.64. The lowest BCUT2D eigenvalue weighted by atomic mass is 9.99. The van der Waals surface area contributed by atoms with Crippen molar-refractivity contribution in [2.45, 2.75) is 6.42 Å². The van der Waals surface area contributed by atoms with E-state index in [1.807, 2.05) is 24.3 Å². The van der Waals surface area contributed by atoms with Crippen LogP contribution >= 0.6 is 0 Å². The molecule has 1 N–H and O–H groups in total. The van der Waals surface area contributed by atoms with Crippen LogP contribution in [0.5, 0.6) is 0 Å². The molecule has 0 radical (unpaired) electrons. The first-order valence-corrected chi connectivity index (χ1v) is 5.86. The second-order valence-electron chi connectivity index (χ2n) is 4.14. The fourth-order valence-corrected chi connectivity index (χ4v) is 2.06. The normalized spacial score (nSPS) is 20.3. The molecule has 1 aliphatic rings. The first-order chi connectivity index (χ1) is 8.31. The van der Waals surface area contributed by atoms with Gasteiger partial charge in [-0.15, -0.1) is 0 Å². The molecule has 1 aromatic carbocycles. The van der Waals surface area contributed by atoms with Gasteiger partial charge >= 0.3 is 5.97 Å². The van der Waals surface area contributed by atoms with Crippen molar-refractivity contribution in [1.82, 2.24) is 5.32 Å². The van der Waals surface area contributed by atoms with E-state index in [0.717, 1.165) is 13.0 Å². The van der Waals surface area contributed by atoms with Gasteiger partial charge in [-0.3, -0.25) is 4.79 Å². The van der Waals surface area contributed by atoms with Crippen molar-refractivity contribution in [2.24, 2.45) is 5.92 Å². The van der Waals surface area contributed by atoms with Gasteiger partial charge in [-0.05, 0) is 24.1 Å². The third-order valence-electron chi connectivity index (χ3n) is 2.99. The topological polar surface area (TPSA) is 38.3 Å². The third kappa shape index (κ3) is 2.94. The summed E-state index contributed by atoms with van der Waals surface area (Å²) in [6, 6.07) is 10.2. The van der Waals surface area contributed by atoms with Crippen LogP contribution in [0.4, 0.5) is 0 Å². The van der Waals surface area contributed by atoms with Gasteiger partial charge in [0, 0.05) is 6.54 Å². The molecule has 0 aliphatic carbocycles. The maximum atomic E-state index is 11.6. The third-order valence-corrected chi connectivity index (χ3v) is 2.99. The summed E-state index contributed by atoms with van der Waals surface area (Å²) in [6.07, 6.45) is 2.97. The predicted molar refractivity (Wildman–Crippen MR) is 67.4 cm³/mol. The van der Waals surface area contributed by atoms with Gasteiger partial charge in [0.05, 0.1) is 13.0 Å². The summed E-state index contributed by atoms with van der Waals surface area (Å²) in [5, 5.41) is 3.26. The number of nitrogens with one attached hydrogen (secondary N) is 1. The summed E-state index contributed by atoms with van der Waals surface area (Å²) < 4.78 is 4.81. The van der Waals surface area contributed by atoms with Gasteiger partial charge in [-0.25, -0.2) is 0 Å². The summed E-state index contributed by atoms with van der Waals surface area (Å²) in [5.41, 5.74) is 2.40. The van der Waals surface area contributed by atoms with Crippen molar-refractivity contribution in [3.63, 3.8) is 0 Å². The highest BCUT2D eigenvalue weighted by Crippen LogP contribution is 2.22. The summed E-state index contributed by atoms with van der Waals surface area (Å²) >= 11 is 0. The molecule has 0 aromatic heterocycles. The maximum absolute atomic E-state index is 11.6. The number of carbonyl (C=O) groups excluding carboxylic acids is 1. The van der Waals surface area contributed by atoms with Gasteiger partial charge in [0.1, 0.15) is 0 Å². The van der Waals surface area contributed by atoms with Crippen LogP contribution in [-0.4, -0.2) is 26.2 Å². The molecule has 1 unspecified atom stereocenters. The molecular formula is C14H17NO2. The number of ether oxygens (including phenoxy) is 1. The average molecular weight is 231 g/mol. The van der Waals surface area contributed by atoms with E-state index >= 15 is 0 Å². The van der Waals surface area contributed by atoms with Crippen LogP contribution in [0.25, 0.3) is 5.57 Å². The van der Waals surface area contributed by atoms with Crippen molar-refractivity contribution in [3.8, 4) is 0 Å². The zero-order valence-corrected chi connectivity index (χ0v) is 9.98. The van der Waals surface area contributed by atoms with E-state index in [4.69, 9.17) is 4.74 Å². The summed E-state index contributed by atoms with van der Waals surface area (Å²) in [6.45, 7) is 1.55. The van der Waals surface area contributed by atoms with Crippen LogP contribution < -0.4 is 5.32 Å². The van der Waals surface area contributed by atoms with Crippen LogP contribution in [0, 0.1) is 5.92 Å². The van der Waals surface area contributed by atoms with Gasteiger partial charge in [-0.2, -0.15) is 0 Å². The highest BCUT2D eigenvalue weighted by Gasteiger charge is 2.19. The van der Waals surface area contributed by atoms with Gasteiger partial charge in [-0.1, -0.05) is 36.4 Å². The minimum absolute atomic E-state index is 0.173. The molecule has 90 valence electrons. The Labute approximate surface area is 101 Å². The molecule has 0 saturated carbocycles. The van der Waals surface area contributed by atoms with Crippen LogP contribution in [0.15, 0.2) is 36.4 Å². The Morgan fingerprint density at radius 3 is 2.82 bits per heavy atom. The molecular weight excluding hydrogens is 214 g/mol. The van der Waals surface area contributed by atoms with Crippen molar-refractivity contribution in [1.29, 1.82) is 0 Å². The lowest BCUT2D eigenvalue weighted by molar-refractivity contribution is -0.143. The number of carbonyl (C=O) groups is 1. The van der Waals surface area contributed by atoms with E-state index < -0.39 is 0 Å². The Bertz CT molecular complexity index is 411. The fraction of sp³-hybridized carbons (Fsp3) is 0.357. The SMILES string of the molecule is COC(=O)C1C=C(c2ccccc2)CCNC1. The highest BCUT2D eigenvalue weighted by molar-refractivity contribution is 5.79. The standard InChI is InChI=1S/C14H17NO2/c1-17-14(16)13-9-12(7-8-15-10-13)11-5-3-2-4-6-11/h2-6,9,13,15H,7-8,10H2,1H3. The summed E-state index contributed by atoms with van der Waals surface area (Å²) in [4.78, 5) is 11.6. The monoisotopic (exact) mass is 231 g/mol. The first kappa shape index (κ1) is 11.9. The minimum Gasteiger partial charge on any atom is -0.469 e. The van der Waals surface area contributed by atoms with Crippen molar-refractivity contribution in [2.75, 3.05) is 20.2 Å². The predicted octanol–water partition coefficient (Wildman–Crippen LogP) is 1.85. The molecule has 0 bridgehead atoms. The number of hydrogen-bond acceptors (Lipinski definition) is 3. The lowest BCUT2D eigenvalue weighted by Gasteiger charge is -2.09. The molecule has 3 heteroatoms. The Balaban J connectivity index is 2.25. The number of benzene rings is 1. The van der Waals surface area contributed by atoms with Crippen LogP contribution in [0.3, 0.4) is 0 Å². The van der Waals surface area contributed by atoms with E-state index in [1.54, 1.807) is 0 Å². The molecule has 17 heavy (non-hydrogen) atoms. The van der Waals surface area contributed by atoms with E-state index in [9.17, 15) is 4.79 Å². The van der Waals surface area contributed by atoms with Crippen molar-refractivity contribution < 1.29 is 9.53 Å². The van der Waals surface area contributed by atoms with E-state index in [1.165, 1.54) is 18.2 Å². The van der Waals surface area contributed by atoms with Gasteiger partial charge in [0.2, 0.25) is 0 Å². The molecule has 2 rings (SSSR count).